The highest BCUT2D eigenvalue weighted by Crippen LogP contribution is 2.12. The van der Waals surface area contributed by atoms with Crippen molar-refractivity contribution in [3.05, 3.63) is 65.2 Å². The van der Waals surface area contributed by atoms with Crippen molar-refractivity contribution in [3.63, 3.8) is 0 Å². The molecule has 1 amide bonds. The number of methoxy groups -OCH3 is 1. The smallest absolute Gasteiger partial charge is 0.251 e. The van der Waals surface area contributed by atoms with Crippen LogP contribution in [0.15, 0.2) is 53.4 Å². The highest BCUT2D eigenvalue weighted by atomic mass is 32.2. The first-order valence-electron chi connectivity index (χ1n) is 8.72. The van der Waals surface area contributed by atoms with Gasteiger partial charge < -0.3 is 10.1 Å². The summed E-state index contributed by atoms with van der Waals surface area (Å²) in [5.74, 6) is -0.347. The lowest BCUT2D eigenvalue weighted by atomic mass is 10.1. The lowest BCUT2D eigenvalue weighted by Crippen LogP contribution is -2.35. The van der Waals surface area contributed by atoms with E-state index in [2.05, 4.69) is 10.0 Å². The average molecular weight is 404 g/mol. The van der Waals surface area contributed by atoms with Crippen LogP contribution in [0.5, 0.6) is 0 Å². The predicted octanol–water partition coefficient (Wildman–Crippen LogP) is 2.13. The van der Waals surface area contributed by atoms with Crippen molar-refractivity contribution in [2.75, 3.05) is 13.7 Å². The summed E-state index contributed by atoms with van der Waals surface area (Å²) >= 11 is 0. The molecule has 0 aromatic heterocycles. The molecule has 0 saturated carbocycles. The van der Waals surface area contributed by atoms with Crippen LogP contribution in [-0.2, 0) is 21.3 Å². The van der Waals surface area contributed by atoms with Gasteiger partial charge in [-0.1, -0.05) is 24.3 Å². The van der Waals surface area contributed by atoms with Gasteiger partial charge in [-0.2, -0.15) is 0 Å². The number of amides is 1. The zero-order valence-electron chi connectivity index (χ0n) is 16.1. The Morgan fingerprint density at radius 3 is 2.11 bits per heavy atom. The largest absolute Gasteiger partial charge is 0.383 e. The summed E-state index contributed by atoms with van der Waals surface area (Å²) in [4.78, 5) is 23.5. The van der Waals surface area contributed by atoms with E-state index in [1.807, 2.05) is 6.92 Å². The summed E-state index contributed by atoms with van der Waals surface area (Å²) in [5, 5.41) is 2.81. The lowest BCUT2D eigenvalue weighted by Gasteiger charge is -2.13. The molecule has 0 fully saturated rings. The monoisotopic (exact) mass is 404 g/mol. The van der Waals surface area contributed by atoms with E-state index >= 15 is 0 Å². The molecule has 0 aliphatic rings. The SMILES string of the molecule is COCC(C)NC(=O)c1ccc(CNS(=O)(=O)c2ccc(C(C)=O)cc2)cc1. The minimum absolute atomic E-state index is 0.0821. The van der Waals surface area contributed by atoms with E-state index in [0.717, 1.165) is 0 Å². The Bertz CT molecular complexity index is 922. The van der Waals surface area contributed by atoms with Crippen molar-refractivity contribution in [3.8, 4) is 0 Å². The Balaban J connectivity index is 1.98. The van der Waals surface area contributed by atoms with Gasteiger partial charge >= 0.3 is 0 Å². The summed E-state index contributed by atoms with van der Waals surface area (Å²) < 4.78 is 32.2. The van der Waals surface area contributed by atoms with Crippen LogP contribution in [0.3, 0.4) is 0 Å². The molecule has 2 rings (SSSR count). The fourth-order valence-corrected chi connectivity index (χ4v) is 3.52. The number of hydrogen-bond donors (Lipinski definition) is 2. The number of Topliss-reactive ketones (excluding diaryl/α,β-unsaturated/α-hetero) is 1. The number of ketones is 1. The van der Waals surface area contributed by atoms with Gasteiger partial charge in [0, 0.05) is 30.8 Å². The summed E-state index contributed by atoms with van der Waals surface area (Å²) in [6.45, 7) is 3.76. The van der Waals surface area contributed by atoms with Crippen LogP contribution >= 0.6 is 0 Å². The van der Waals surface area contributed by atoms with Crippen LogP contribution in [0.25, 0.3) is 0 Å². The van der Waals surface area contributed by atoms with E-state index in [-0.39, 0.29) is 29.2 Å². The van der Waals surface area contributed by atoms with Gasteiger partial charge in [-0.05, 0) is 43.7 Å². The Morgan fingerprint density at radius 1 is 1.00 bits per heavy atom. The highest BCUT2D eigenvalue weighted by molar-refractivity contribution is 7.89. The average Bonchev–Trinajstić information content (AvgIpc) is 2.67. The Labute approximate surface area is 165 Å². The van der Waals surface area contributed by atoms with Gasteiger partial charge in [-0.25, -0.2) is 13.1 Å². The van der Waals surface area contributed by atoms with Gasteiger partial charge in [0.05, 0.1) is 11.5 Å². The molecule has 2 aromatic carbocycles. The lowest BCUT2D eigenvalue weighted by molar-refractivity contribution is 0.0905. The molecule has 2 N–H and O–H groups in total. The van der Waals surface area contributed by atoms with Gasteiger partial charge in [0.15, 0.2) is 5.78 Å². The third-order valence-corrected chi connectivity index (χ3v) is 5.46. The third kappa shape index (κ3) is 5.98. The second-order valence-corrected chi connectivity index (χ2v) is 8.20. The number of hydrogen-bond acceptors (Lipinski definition) is 5. The van der Waals surface area contributed by atoms with Crippen LogP contribution in [-0.4, -0.2) is 39.9 Å². The maximum atomic E-state index is 12.4. The number of nitrogens with one attached hydrogen (secondary N) is 2. The second-order valence-electron chi connectivity index (χ2n) is 6.43. The zero-order chi connectivity index (χ0) is 20.7. The van der Waals surface area contributed by atoms with Crippen LogP contribution in [0.2, 0.25) is 0 Å². The van der Waals surface area contributed by atoms with Crippen LogP contribution < -0.4 is 10.0 Å². The van der Waals surface area contributed by atoms with Gasteiger partial charge in [0.1, 0.15) is 0 Å². The predicted molar refractivity (Wildman–Crippen MR) is 106 cm³/mol. The van der Waals surface area contributed by atoms with Gasteiger partial charge in [0.25, 0.3) is 5.91 Å². The number of carbonyl (C=O) groups excluding carboxylic acids is 2. The van der Waals surface area contributed by atoms with Crippen molar-refractivity contribution in [1.82, 2.24) is 10.0 Å². The maximum absolute atomic E-state index is 12.4. The Hall–Kier alpha value is -2.55. The van der Waals surface area contributed by atoms with Crippen molar-refractivity contribution < 1.29 is 22.7 Å². The van der Waals surface area contributed by atoms with E-state index in [9.17, 15) is 18.0 Å². The molecule has 0 heterocycles. The third-order valence-electron chi connectivity index (χ3n) is 4.05. The topological polar surface area (TPSA) is 102 Å². The molecule has 0 saturated heterocycles. The number of ether oxygens (including phenoxy) is 1. The molecule has 0 bridgehead atoms. The molecule has 7 nitrogen and oxygen atoms in total. The minimum Gasteiger partial charge on any atom is -0.383 e. The highest BCUT2D eigenvalue weighted by Gasteiger charge is 2.14. The zero-order valence-corrected chi connectivity index (χ0v) is 16.9. The molecular formula is C20H24N2O5S. The van der Waals surface area contributed by atoms with Crippen molar-refractivity contribution in [2.45, 2.75) is 31.3 Å². The number of sulfonamides is 1. The van der Waals surface area contributed by atoms with Crippen molar-refractivity contribution in [1.29, 1.82) is 0 Å². The van der Waals surface area contributed by atoms with E-state index in [1.165, 1.54) is 31.2 Å². The first kappa shape index (κ1) is 21.7. The normalized spacial score (nSPS) is 12.4. The number of carbonyl (C=O) groups is 2. The van der Waals surface area contributed by atoms with Crippen molar-refractivity contribution >= 4 is 21.7 Å². The van der Waals surface area contributed by atoms with Gasteiger partial charge in [-0.15, -0.1) is 0 Å². The van der Waals surface area contributed by atoms with Crippen LogP contribution in [0.4, 0.5) is 0 Å². The van der Waals surface area contributed by atoms with Crippen molar-refractivity contribution in [2.24, 2.45) is 0 Å². The molecule has 0 aliphatic carbocycles. The summed E-state index contributed by atoms with van der Waals surface area (Å²) in [6.07, 6.45) is 0. The molecule has 0 radical (unpaired) electrons. The molecule has 8 heteroatoms. The Kier molecular flexibility index (Phi) is 7.45. The first-order valence-corrected chi connectivity index (χ1v) is 10.2. The van der Waals surface area contributed by atoms with E-state index < -0.39 is 10.0 Å². The van der Waals surface area contributed by atoms with Gasteiger partial charge in [0.2, 0.25) is 10.0 Å². The quantitative estimate of drug-likeness (QED) is 0.624. The summed E-state index contributed by atoms with van der Waals surface area (Å²) in [7, 11) is -2.14. The Morgan fingerprint density at radius 2 is 1.57 bits per heavy atom. The minimum atomic E-state index is -3.70. The van der Waals surface area contributed by atoms with Gasteiger partial charge in [-0.3, -0.25) is 9.59 Å². The molecule has 1 atom stereocenters. The molecule has 0 aliphatic heterocycles. The first-order chi connectivity index (χ1) is 13.2. The molecule has 150 valence electrons. The number of benzene rings is 2. The molecule has 1 unspecified atom stereocenters. The van der Waals surface area contributed by atoms with Crippen LogP contribution in [0, 0.1) is 0 Å². The van der Waals surface area contributed by atoms with E-state index in [4.69, 9.17) is 4.74 Å². The molecule has 28 heavy (non-hydrogen) atoms. The molecule has 0 spiro atoms. The second kappa shape index (κ2) is 9.59. The molecular weight excluding hydrogens is 380 g/mol. The van der Waals surface area contributed by atoms with E-state index in [1.54, 1.807) is 31.4 Å². The standard InChI is InChI=1S/C20H24N2O5S/c1-14(13-27-3)22-20(24)18-6-4-16(5-7-18)12-21-28(25,26)19-10-8-17(9-11-19)15(2)23/h4-11,14,21H,12-13H2,1-3H3,(H,22,24). The summed E-state index contributed by atoms with van der Waals surface area (Å²) in [6, 6.07) is 12.3. The van der Waals surface area contributed by atoms with Crippen LogP contribution in [0.1, 0.15) is 40.1 Å². The molecule has 2 aromatic rings. The number of rotatable bonds is 9. The van der Waals surface area contributed by atoms with E-state index in [0.29, 0.717) is 23.3 Å². The fraction of sp³-hybridized carbons (Fsp3) is 0.300. The fourth-order valence-electron chi connectivity index (χ4n) is 2.50. The maximum Gasteiger partial charge on any atom is 0.251 e. The summed E-state index contributed by atoms with van der Waals surface area (Å²) in [5.41, 5.74) is 1.65.